The van der Waals surface area contributed by atoms with Gasteiger partial charge in [-0.15, -0.1) is 0 Å². The number of carbonyl (C=O) groups is 1. The summed E-state index contributed by atoms with van der Waals surface area (Å²) in [5.74, 6) is 0.527. The number of pyridine rings is 1. The molecule has 1 aromatic heterocycles. The van der Waals surface area contributed by atoms with Gasteiger partial charge in [-0.25, -0.2) is 0 Å². The molecule has 5 nitrogen and oxygen atoms in total. The molecule has 1 amide bonds. The lowest BCUT2D eigenvalue weighted by molar-refractivity contribution is -0.139. The predicted octanol–water partition coefficient (Wildman–Crippen LogP) is 1.93. The molecule has 24 heavy (non-hydrogen) atoms. The quantitative estimate of drug-likeness (QED) is 0.850. The van der Waals surface area contributed by atoms with Gasteiger partial charge in [-0.2, -0.15) is 0 Å². The Balaban J connectivity index is 1.52. The number of ether oxygens (including phenoxy) is 1. The zero-order valence-corrected chi connectivity index (χ0v) is 14.3. The second kappa shape index (κ2) is 6.81. The van der Waals surface area contributed by atoms with Crippen molar-refractivity contribution in [3.63, 3.8) is 0 Å². The average molecular weight is 329 g/mol. The largest absolute Gasteiger partial charge is 0.381 e. The van der Waals surface area contributed by atoms with E-state index in [4.69, 9.17) is 4.74 Å². The van der Waals surface area contributed by atoms with Crippen LogP contribution in [0.25, 0.3) is 0 Å². The minimum absolute atomic E-state index is 0.111. The third kappa shape index (κ3) is 3.07. The van der Waals surface area contributed by atoms with E-state index < -0.39 is 0 Å². The molecule has 0 N–H and O–H groups in total. The molecular weight excluding hydrogens is 302 g/mol. The monoisotopic (exact) mass is 329 g/mol. The van der Waals surface area contributed by atoms with Gasteiger partial charge in [0.25, 0.3) is 0 Å². The molecular formula is C19H27N3O2. The van der Waals surface area contributed by atoms with Crippen LogP contribution >= 0.6 is 0 Å². The topological polar surface area (TPSA) is 45.7 Å². The molecule has 0 bridgehead atoms. The molecule has 4 heterocycles. The summed E-state index contributed by atoms with van der Waals surface area (Å²) in [4.78, 5) is 22.0. The molecule has 0 aromatic carbocycles. The molecule has 1 aromatic rings. The molecule has 0 radical (unpaired) electrons. The summed E-state index contributed by atoms with van der Waals surface area (Å²) in [7, 11) is 0. The highest BCUT2D eigenvalue weighted by Gasteiger charge is 2.51. The summed E-state index contributed by atoms with van der Waals surface area (Å²) in [6.45, 7) is 6.27. The van der Waals surface area contributed by atoms with Crippen LogP contribution in [0.1, 0.15) is 31.2 Å². The molecule has 4 rings (SSSR count). The van der Waals surface area contributed by atoms with E-state index in [-0.39, 0.29) is 11.3 Å². The molecule has 0 aliphatic carbocycles. The first-order chi connectivity index (χ1) is 11.8. The number of nitrogens with zero attached hydrogens (tertiary/aromatic N) is 3. The van der Waals surface area contributed by atoms with Crippen LogP contribution in [-0.2, 0) is 16.1 Å². The van der Waals surface area contributed by atoms with Crippen molar-refractivity contribution in [2.24, 2.45) is 11.3 Å². The van der Waals surface area contributed by atoms with Crippen LogP contribution in [0.5, 0.6) is 0 Å². The molecule has 5 heteroatoms. The maximum Gasteiger partial charge on any atom is 0.227 e. The van der Waals surface area contributed by atoms with Gasteiger partial charge in [-0.1, -0.05) is 6.07 Å². The summed E-state index contributed by atoms with van der Waals surface area (Å²) >= 11 is 0. The first kappa shape index (κ1) is 16.0. The maximum absolute atomic E-state index is 13.2. The highest BCUT2D eigenvalue weighted by atomic mass is 16.5. The molecule has 1 atom stereocenters. The highest BCUT2D eigenvalue weighted by Crippen LogP contribution is 2.45. The van der Waals surface area contributed by atoms with E-state index in [1.165, 1.54) is 5.56 Å². The fourth-order valence-electron chi connectivity index (χ4n) is 4.72. The number of rotatable bonds is 3. The number of likely N-dealkylation sites (tertiary alicyclic amines) is 2. The summed E-state index contributed by atoms with van der Waals surface area (Å²) < 4.78 is 5.61. The Morgan fingerprint density at radius 3 is 2.79 bits per heavy atom. The van der Waals surface area contributed by atoms with E-state index in [0.29, 0.717) is 5.91 Å². The summed E-state index contributed by atoms with van der Waals surface area (Å²) in [5, 5.41) is 0. The van der Waals surface area contributed by atoms with Crippen molar-refractivity contribution in [1.82, 2.24) is 14.8 Å². The lowest BCUT2D eigenvalue weighted by Crippen LogP contribution is -2.45. The number of carbonyl (C=O) groups excluding carboxylic acids is 1. The van der Waals surface area contributed by atoms with Crippen LogP contribution in [0.2, 0.25) is 0 Å². The van der Waals surface area contributed by atoms with Crippen molar-refractivity contribution in [3.05, 3.63) is 30.1 Å². The van der Waals surface area contributed by atoms with E-state index >= 15 is 0 Å². The summed E-state index contributed by atoms with van der Waals surface area (Å²) in [5.41, 5.74) is 1.34. The van der Waals surface area contributed by atoms with Gasteiger partial charge in [0.15, 0.2) is 0 Å². The Labute approximate surface area is 144 Å². The minimum atomic E-state index is 0.111. The molecule has 0 unspecified atom stereocenters. The van der Waals surface area contributed by atoms with Crippen molar-refractivity contribution >= 4 is 5.91 Å². The Hall–Kier alpha value is -1.46. The molecule has 3 fully saturated rings. The molecule has 3 aliphatic rings. The third-order valence-electron chi connectivity index (χ3n) is 6.05. The van der Waals surface area contributed by atoms with Gasteiger partial charge in [0.2, 0.25) is 5.91 Å². The van der Waals surface area contributed by atoms with Crippen LogP contribution in [0.4, 0.5) is 0 Å². The molecule has 3 aliphatic heterocycles. The van der Waals surface area contributed by atoms with Gasteiger partial charge >= 0.3 is 0 Å². The molecule has 130 valence electrons. The fourth-order valence-corrected chi connectivity index (χ4v) is 4.72. The van der Waals surface area contributed by atoms with Gasteiger partial charge in [-0.3, -0.25) is 14.7 Å². The summed E-state index contributed by atoms with van der Waals surface area (Å²) in [6, 6.07) is 4.11. The lowest BCUT2D eigenvalue weighted by atomic mass is 9.71. The average Bonchev–Trinajstić information content (AvgIpc) is 3.25. The minimum Gasteiger partial charge on any atom is -0.381 e. The van der Waals surface area contributed by atoms with Gasteiger partial charge < -0.3 is 9.64 Å². The summed E-state index contributed by atoms with van der Waals surface area (Å²) in [6.07, 6.45) is 8.10. The first-order valence-electron chi connectivity index (χ1n) is 9.25. The lowest BCUT2D eigenvalue weighted by Gasteiger charge is -2.38. The van der Waals surface area contributed by atoms with Crippen LogP contribution < -0.4 is 0 Å². The SMILES string of the molecule is O=C([C@@H]1CN(Cc2cccnc2)CC12CCOCC2)N1CCCC1. The Morgan fingerprint density at radius 1 is 1.29 bits per heavy atom. The highest BCUT2D eigenvalue weighted by molar-refractivity contribution is 5.80. The van der Waals surface area contributed by atoms with Gasteiger partial charge in [-0.05, 0) is 37.3 Å². The Bertz CT molecular complexity index is 565. The van der Waals surface area contributed by atoms with Crippen LogP contribution in [0.3, 0.4) is 0 Å². The van der Waals surface area contributed by atoms with Crippen molar-refractivity contribution in [1.29, 1.82) is 0 Å². The first-order valence-corrected chi connectivity index (χ1v) is 9.25. The van der Waals surface area contributed by atoms with E-state index in [0.717, 1.165) is 71.6 Å². The second-order valence-electron chi connectivity index (χ2n) is 7.59. The van der Waals surface area contributed by atoms with Gasteiger partial charge in [0, 0.05) is 63.7 Å². The van der Waals surface area contributed by atoms with E-state index in [1.54, 1.807) is 0 Å². The molecule has 1 spiro atoms. The Kier molecular flexibility index (Phi) is 4.55. The van der Waals surface area contributed by atoms with Gasteiger partial charge in [0.05, 0.1) is 5.92 Å². The Morgan fingerprint density at radius 2 is 2.08 bits per heavy atom. The van der Waals surface area contributed by atoms with E-state index in [1.807, 2.05) is 18.5 Å². The number of hydrogen-bond acceptors (Lipinski definition) is 4. The van der Waals surface area contributed by atoms with Crippen molar-refractivity contribution in [2.45, 2.75) is 32.2 Å². The predicted molar refractivity (Wildman–Crippen MR) is 91.3 cm³/mol. The van der Waals surface area contributed by atoms with E-state index in [2.05, 4.69) is 20.9 Å². The maximum atomic E-state index is 13.2. The van der Waals surface area contributed by atoms with Crippen LogP contribution in [0.15, 0.2) is 24.5 Å². The second-order valence-corrected chi connectivity index (χ2v) is 7.59. The zero-order valence-electron chi connectivity index (χ0n) is 14.3. The van der Waals surface area contributed by atoms with E-state index in [9.17, 15) is 4.79 Å². The number of amides is 1. The normalized spacial score (nSPS) is 27.0. The smallest absolute Gasteiger partial charge is 0.227 e. The fraction of sp³-hybridized carbons (Fsp3) is 0.684. The number of hydrogen-bond donors (Lipinski definition) is 0. The van der Waals surface area contributed by atoms with Crippen LogP contribution in [0, 0.1) is 11.3 Å². The molecule has 0 saturated carbocycles. The number of aromatic nitrogens is 1. The van der Waals surface area contributed by atoms with Crippen molar-refractivity contribution in [3.8, 4) is 0 Å². The van der Waals surface area contributed by atoms with Crippen LogP contribution in [-0.4, -0.2) is 60.1 Å². The standard InChI is InChI=1S/C19H27N3O2/c23-18(22-8-1-2-9-22)17-14-21(13-16-4-3-7-20-12-16)15-19(17)5-10-24-11-6-19/h3-4,7,12,17H,1-2,5-6,8-11,13-15H2/t17-/m0/s1. The zero-order chi connectivity index (χ0) is 16.4. The third-order valence-corrected chi connectivity index (χ3v) is 6.05. The molecule has 3 saturated heterocycles. The van der Waals surface area contributed by atoms with Crippen molar-refractivity contribution in [2.75, 3.05) is 39.4 Å². The van der Waals surface area contributed by atoms with Gasteiger partial charge in [0.1, 0.15) is 0 Å². The van der Waals surface area contributed by atoms with Crippen molar-refractivity contribution < 1.29 is 9.53 Å².